The number of hydrogen-bond acceptors (Lipinski definition) is 5. The number of ether oxygens (including phenoxy) is 1. The normalized spacial score (nSPS) is 15.6. The quantitative estimate of drug-likeness (QED) is 0.825. The number of aryl methyl sites for hydroxylation is 1. The lowest BCUT2D eigenvalue weighted by atomic mass is 10.2. The van der Waals surface area contributed by atoms with E-state index < -0.39 is 0 Å². The molecule has 128 valence electrons. The van der Waals surface area contributed by atoms with Crippen molar-refractivity contribution < 1.29 is 4.74 Å². The number of rotatable bonds is 5. The maximum atomic E-state index is 12.5. The molecule has 0 amide bonds. The lowest BCUT2D eigenvalue weighted by molar-refractivity contribution is 0.0357. The van der Waals surface area contributed by atoms with Crippen molar-refractivity contribution in [1.29, 1.82) is 0 Å². The largest absolute Gasteiger partial charge is 0.379 e. The van der Waals surface area contributed by atoms with E-state index in [1.165, 1.54) is 4.68 Å². The van der Waals surface area contributed by atoms with Crippen molar-refractivity contribution in [3.63, 3.8) is 0 Å². The van der Waals surface area contributed by atoms with Gasteiger partial charge in [-0.1, -0.05) is 30.7 Å². The highest BCUT2D eigenvalue weighted by Gasteiger charge is 2.15. The van der Waals surface area contributed by atoms with E-state index in [1.54, 1.807) is 6.07 Å². The fourth-order valence-corrected chi connectivity index (χ4v) is 2.93. The smallest absolute Gasteiger partial charge is 0.288 e. The topological polar surface area (TPSA) is 60.3 Å². The van der Waals surface area contributed by atoms with Crippen molar-refractivity contribution in [1.82, 2.24) is 19.7 Å². The molecule has 0 unspecified atom stereocenters. The summed E-state index contributed by atoms with van der Waals surface area (Å²) in [5.41, 5.74) is 1.14. The fourth-order valence-electron chi connectivity index (χ4n) is 2.71. The molecule has 0 aliphatic carbocycles. The van der Waals surface area contributed by atoms with Gasteiger partial charge in [0, 0.05) is 25.2 Å². The highest BCUT2D eigenvalue weighted by atomic mass is 35.5. The third-order valence-corrected chi connectivity index (χ3v) is 4.45. The second-order valence-electron chi connectivity index (χ2n) is 5.70. The van der Waals surface area contributed by atoms with Crippen LogP contribution in [0.15, 0.2) is 29.1 Å². The second kappa shape index (κ2) is 7.88. The van der Waals surface area contributed by atoms with Crippen molar-refractivity contribution in [3.8, 4) is 11.4 Å². The molecule has 1 aliphatic heterocycles. The van der Waals surface area contributed by atoms with Crippen LogP contribution in [-0.2, 0) is 17.7 Å². The van der Waals surface area contributed by atoms with Crippen LogP contribution in [-0.4, -0.2) is 52.5 Å². The Kier molecular flexibility index (Phi) is 5.60. The minimum Gasteiger partial charge on any atom is -0.379 e. The van der Waals surface area contributed by atoms with Gasteiger partial charge in [-0.25, -0.2) is 9.67 Å². The number of hydrogen-bond donors (Lipinski definition) is 0. The molecular weight excluding hydrogens is 328 g/mol. The minimum atomic E-state index is -0.124. The molecule has 1 aliphatic rings. The minimum absolute atomic E-state index is 0.124. The van der Waals surface area contributed by atoms with E-state index in [2.05, 4.69) is 15.0 Å². The molecular formula is C17H21ClN4O2. The van der Waals surface area contributed by atoms with Gasteiger partial charge in [0.2, 0.25) is 0 Å². The van der Waals surface area contributed by atoms with Crippen LogP contribution in [0, 0.1) is 0 Å². The van der Waals surface area contributed by atoms with Gasteiger partial charge >= 0.3 is 0 Å². The molecule has 0 radical (unpaired) electrons. The zero-order valence-corrected chi connectivity index (χ0v) is 14.5. The predicted octanol–water partition coefficient (Wildman–Crippen LogP) is 1.85. The van der Waals surface area contributed by atoms with Crippen LogP contribution in [0.2, 0.25) is 5.02 Å². The number of halogens is 1. The van der Waals surface area contributed by atoms with Gasteiger partial charge in [-0.15, -0.1) is 5.10 Å². The third kappa shape index (κ3) is 3.83. The monoisotopic (exact) mass is 348 g/mol. The molecule has 0 N–H and O–H groups in total. The fraction of sp³-hybridized carbons (Fsp3) is 0.471. The van der Waals surface area contributed by atoms with Gasteiger partial charge in [0.25, 0.3) is 5.56 Å². The number of nitrogens with zero attached hydrogens (tertiary/aromatic N) is 4. The first-order valence-corrected chi connectivity index (χ1v) is 8.60. The van der Waals surface area contributed by atoms with Gasteiger partial charge in [-0.3, -0.25) is 9.69 Å². The predicted molar refractivity (Wildman–Crippen MR) is 93.4 cm³/mol. The van der Waals surface area contributed by atoms with Crippen LogP contribution in [0.1, 0.15) is 12.6 Å². The molecule has 1 aromatic carbocycles. The van der Waals surface area contributed by atoms with Crippen molar-refractivity contribution >= 4 is 11.6 Å². The van der Waals surface area contributed by atoms with Crippen molar-refractivity contribution in [2.45, 2.75) is 19.9 Å². The lowest BCUT2D eigenvalue weighted by Gasteiger charge is -2.26. The van der Waals surface area contributed by atoms with Crippen molar-refractivity contribution in [2.24, 2.45) is 0 Å². The van der Waals surface area contributed by atoms with E-state index in [4.69, 9.17) is 16.3 Å². The molecule has 1 saturated heterocycles. The van der Waals surface area contributed by atoms with E-state index in [1.807, 2.05) is 25.1 Å². The zero-order valence-electron chi connectivity index (χ0n) is 13.7. The maximum Gasteiger partial charge on any atom is 0.288 e. The number of morpholine rings is 1. The Morgan fingerprint density at radius 2 is 1.96 bits per heavy atom. The summed E-state index contributed by atoms with van der Waals surface area (Å²) < 4.78 is 6.87. The molecule has 0 atom stereocenters. The first-order chi connectivity index (χ1) is 11.7. The molecule has 2 aromatic rings. The summed E-state index contributed by atoms with van der Waals surface area (Å²) in [6.45, 7) is 6.48. The van der Waals surface area contributed by atoms with Crippen LogP contribution in [0.3, 0.4) is 0 Å². The van der Waals surface area contributed by atoms with Crippen LogP contribution >= 0.6 is 11.6 Å². The summed E-state index contributed by atoms with van der Waals surface area (Å²) in [4.78, 5) is 19.2. The van der Waals surface area contributed by atoms with E-state index in [9.17, 15) is 4.79 Å². The summed E-state index contributed by atoms with van der Waals surface area (Å²) in [5, 5.41) is 5.03. The van der Waals surface area contributed by atoms with Gasteiger partial charge in [0.1, 0.15) is 5.69 Å². The number of aromatic nitrogens is 3. The molecule has 1 aromatic heterocycles. The van der Waals surface area contributed by atoms with Gasteiger partial charge in [-0.05, 0) is 18.6 Å². The highest BCUT2D eigenvalue weighted by molar-refractivity contribution is 6.33. The molecule has 7 heteroatoms. The van der Waals surface area contributed by atoms with E-state index in [0.29, 0.717) is 29.5 Å². The Balaban J connectivity index is 1.89. The molecule has 1 fully saturated rings. The van der Waals surface area contributed by atoms with Gasteiger partial charge in [0.05, 0.1) is 24.8 Å². The molecule has 24 heavy (non-hydrogen) atoms. The van der Waals surface area contributed by atoms with Crippen LogP contribution in [0.5, 0.6) is 0 Å². The van der Waals surface area contributed by atoms with Gasteiger partial charge in [-0.2, -0.15) is 0 Å². The van der Waals surface area contributed by atoms with Crippen LogP contribution in [0.25, 0.3) is 11.4 Å². The summed E-state index contributed by atoms with van der Waals surface area (Å²) in [5.74, 6) is 0.499. The maximum absolute atomic E-state index is 12.5. The summed E-state index contributed by atoms with van der Waals surface area (Å²) in [6, 6.07) is 7.42. The third-order valence-electron chi connectivity index (χ3n) is 4.12. The summed E-state index contributed by atoms with van der Waals surface area (Å²) in [7, 11) is 0. The molecule has 0 bridgehead atoms. The molecule has 0 saturated carbocycles. The summed E-state index contributed by atoms with van der Waals surface area (Å²) in [6.07, 6.45) is 0.566. The Morgan fingerprint density at radius 1 is 1.21 bits per heavy atom. The van der Waals surface area contributed by atoms with E-state index >= 15 is 0 Å². The Labute approximate surface area is 146 Å². The second-order valence-corrected chi connectivity index (χ2v) is 6.11. The summed E-state index contributed by atoms with van der Waals surface area (Å²) >= 11 is 6.26. The highest BCUT2D eigenvalue weighted by Crippen LogP contribution is 2.23. The van der Waals surface area contributed by atoms with E-state index in [0.717, 1.165) is 38.4 Å². The molecule has 2 heterocycles. The van der Waals surface area contributed by atoms with Crippen LogP contribution < -0.4 is 5.56 Å². The Bertz CT molecular complexity index is 756. The molecule has 6 nitrogen and oxygen atoms in total. The van der Waals surface area contributed by atoms with Crippen LogP contribution in [0.4, 0.5) is 0 Å². The first kappa shape index (κ1) is 17.1. The average molecular weight is 349 g/mol. The SMILES string of the molecule is CCc1nc(-c2ccccc2Cl)nn(CCN2CCOCC2)c1=O. The molecule has 0 spiro atoms. The average Bonchev–Trinajstić information content (AvgIpc) is 2.62. The van der Waals surface area contributed by atoms with Crippen molar-refractivity contribution in [3.05, 3.63) is 45.3 Å². The first-order valence-electron chi connectivity index (χ1n) is 8.22. The van der Waals surface area contributed by atoms with Gasteiger partial charge < -0.3 is 4.74 Å². The molecule has 3 rings (SSSR count). The standard InChI is InChI=1S/C17H21ClN4O2/c1-2-15-17(23)22(8-7-21-9-11-24-12-10-21)20-16(19-15)13-5-3-4-6-14(13)18/h3-6H,2,7-12H2,1H3. The van der Waals surface area contributed by atoms with E-state index in [-0.39, 0.29) is 5.56 Å². The Hall–Kier alpha value is -1.76. The number of benzene rings is 1. The zero-order chi connectivity index (χ0) is 16.9. The lowest BCUT2D eigenvalue weighted by Crippen LogP contribution is -2.40. The van der Waals surface area contributed by atoms with Crippen molar-refractivity contribution in [2.75, 3.05) is 32.8 Å². The van der Waals surface area contributed by atoms with Gasteiger partial charge in [0.15, 0.2) is 5.82 Å². The Morgan fingerprint density at radius 3 is 2.67 bits per heavy atom.